The van der Waals surface area contributed by atoms with Crippen LogP contribution in [-0.2, 0) is 6.42 Å². The van der Waals surface area contributed by atoms with Crippen LogP contribution in [0.2, 0.25) is 10.0 Å². The minimum Gasteiger partial charge on any atom is -0.325 e. The maximum absolute atomic E-state index is 6.48. The van der Waals surface area contributed by atoms with E-state index in [0.717, 1.165) is 24.8 Å². The predicted molar refractivity (Wildman–Crippen MR) is 74.7 cm³/mol. The third-order valence-corrected chi connectivity index (χ3v) is 4.56. The summed E-state index contributed by atoms with van der Waals surface area (Å²) in [4.78, 5) is 0. The molecule has 0 saturated heterocycles. The van der Waals surface area contributed by atoms with E-state index in [4.69, 9.17) is 28.9 Å². The predicted octanol–water partition coefficient (Wildman–Crippen LogP) is 4.44. The summed E-state index contributed by atoms with van der Waals surface area (Å²) >= 11 is 12.2. The summed E-state index contributed by atoms with van der Waals surface area (Å²) in [6, 6.07) is 5.77. The lowest BCUT2D eigenvalue weighted by molar-refractivity contribution is 0.334. The first-order valence-electron chi connectivity index (χ1n) is 6.03. The van der Waals surface area contributed by atoms with Gasteiger partial charge in [-0.1, -0.05) is 49.2 Å². The average molecular weight is 272 g/mol. The SMILES string of the molecule is CC1(C)CCC(N)(Cc2cccc(Cl)c2Cl)C1. The Morgan fingerprint density at radius 2 is 1.94 bits per heavy atom. The summed E-state index contributed by atoms with van der Waals surface area (Å²) in [6.07, 6.45) is 4.10. The van der Waals surface area contributed by atoms with Gasteiger partial charge in [-0.3, -0.25) is 0 Å². The summed E-state index contributed by atoms with van der Waals surface area (Å²) in [5, 5.41) is 1.27. The Bertz CT molecular complexity index is 428. The van der Waals surface area contributed by atoms with Crippen LogP contribution in [0.1, 0.15) is 38.7 Å². The molecule has 0 radical (unpaired) electrons. The molecule has 1 aliphatic rings. The smallest absolute Gasteiger partial charge is 0.0624 e. The highest BCUT2D eigenvalue weighted by molar-refractivity contribution is 6.42. The van der Waals surface area contributed by atoms with Crippen molar-refractivity contribution in [1.29, 1.82) is 0 Å². The van der Waals surface area contributed by atoms with Gasteiger partial charge in [-0.2, -0.15) is 0 Å². The van der Waals surface area contributed by atoms with Gasteiger partial charge < -0.3 is 5.73 Å². The Morgan fingerprint density at radius 1 is 1.24 bits per heavy atom. The second-order valence-corrected chi connectivity index (χ2v) is 6.88. The first-order chi connectivity index (χ1) is 7.81. The molecule has 1 saturated carbocycles. The fraction of sp³-hybridized carbons (Fsp3) is 0.571. The molecule has 0 aromatic heterocycles. The fourth-order valence-corrected chi connectivity index (χ4v) is 3.32. The molecule has 2 N–H and O–H groups in total. The Morgan fingerprint density at radius 3 is 2.53 bits per heavy atom. The highest BCUT2D eigenvalue weighted by Crippen LogP contribution is 2.44. The van der Waals surface area contributed by atoms with Crippen molar-refractivity contribution in [2.24, 2.45) is 11.1 Å². The van der Waals surface area contributed by atoms with Gasteiger partial charge in [0.15, 0.2) is 0 Å². The van der Waals surface area contributed by atoms with E-state index in [-0.39, 0.29) is 5.54 Å². The molecule has 1 aliphatic carbocycles. The molecule has 1 atom stereocenters. The molecule has 1 fully saturated rings. The number of benzene rings is 1. The molecule has 0 amide bonds. The molecule has 0 spiro atoms. The van der Waals surface area contributed by atoms with Crippen LogP contribution in [0.3, 0.4) is 0 Å². The third-order valence-electron chi connectivity index (χ3n) is 3.70. The van der Waals surface area contributed by atoms with Gasteiger partial charge in [0.2, 0.25) is 0 Å². The molecule has 2 rings (SSSR count). The lowest BCUT2D eigenvalue weighted by Crippen LogP contribution is -2.40. The van der Waals surface area contributed by atoms with Crippen LogP contribution in [0.25, 0.3) is 0 Å². The number of rotatable bonds is 2. The van der Waals surface area contributed by atoms with E-state index in [1.807, 2.05) is 18.2 Å². The van der Waals surface area contributed by atoms with Gasteiger partial charge in [-0.05, 0) is 42.7 Å². The van der Waals surface area contributed by atoms with Gasteiger partial charge in [0, 0.05) is 5.54 Å². The Hall–Kier alpha value is -0.240. The standard InChI is InChI=1S/C14H19Cl2N/c1-13(2)6-7-14(17,9-13)8-10-4-3-5-11(15)12(10)16/h3-5H,6-9,17H2,1-2H3. The maximum Gasteiger partial charge on any atom is 0.0624 e. The van der Waals surface area contributed by atoms with E-state index in [1.54, 1.807) is 0 Å². The molecule has 1 aromatic rings. The van der Waals surface area contributed by atoms with Crippen molar-refractivity contribution in [3.8, 4) is 0 Å². The molecule has 94 valence electrons. The summed E-state index contributed by atoms with van der Waals surface area (Å²) < 4.78 is 0. The van der Waals surface area contributed by atoms with Gasteiger partial charge in [-0.25, -0.2) is 0 Å². The highest BCUT2D eigenvalue weighted by Gasteiger charge is 2.40. The minimum absolute atomic E-state index is 0.127. The first-order valence-corrected chi connectivity index (χ1v) is 6.79. The van der Waals surface area contributed by atoms with Crippen molar-refractivity contribution in [3.05, 3.63) is 33.8 Å². The average Bonchev–Trinajstić information content (AvgIpc) is 2.49. The van der Waals surface area contributed by atoms with Gasteiger partial charge in [0.05, 0.1) is 10.0 Å². The highest BCUT2D eigenvalue weighted by atomic mass is 35.5. The van der Waals surface area contributed by atoms with Crippen LogP contribution in [0, 0.1) is 5.41 Å². The van der Waals surface area contributed by atoms with Crippen molar-refractivity contribution in [3.63, 3.8) is 0 Å². The molecular weight excluding hydrogens is 253 g/mol. The van der Waals surface area contributed by atoms with Crippen molar-refractivity contribution >= 4 is 23.2 Å². The summed E-state index contributed by atoms with van der Waals surface area (Å²) in [5.41, 5.74) is 7.77. The summed E-state index contributed by atoms with van der Waals surface area (Å²) in [5.74, 6) is 0. The lowest BCUT2D eigenvalue weighted by Gasteiger charge is -2.27. The molecule has 0 aliphatic heterocycles. The van der Waals surface area contributed by atoms with Crippen LogP contribution in [0.4, 0.5) is 0 Å². The Balaban J connectivity index is 2.19. The van der Waals surface area contributed by atoms with Crippen molar-refractivity contribution < 1.29 is 0 Å². The van der Waals surface area contributed by atoms with Crippen molar-refractivity contribution in [1.82, 2.24) is 0 Å². The first kappa shape index (κ1) is 13.2. The summed E-state index contributed by atoms with van der Waals surface area (Å²) in [7, 11) is 0. The van der Waals surface area contributed by atoms with Crippen LogP contribution < -0.4 is 5.73 Å². The summed E-state index contributed by atoms with van der Waals surface area (Å²) in [6.45, 7) is 4.56. The molecule has 0 bridgehead atoms. The van der Waals surface area contributed by atoms with E-state index >= 15 is 0 Å². The zero-order chi connectivity index (χ0) is 12.7. The topological polar surface area (TPSA) is 26.0 Å². The van der Waals surface area contributed by atoms with Crippen molar-refractivity contribution in [2.45, 2.75) is 45.1 Å². The number of hydrogen-bond acceptors (Lipinski definition) is 1. The van der Waals surface area contributed by atoms with Gasteiger partial charge in [-0.15, -0.1) is 0 Å². The van der Waals surface area contributed by atoms with Crippen LogP contribution in [-0.4, -0.2) is 5.54 Å². The molecular formula is C14H19Cl2N. The van der Waals surface area contributed by atoms with Crippen LogP contribution in [0.5, 0.6) is 0 Å². The van der Waals surface area contributed by atoms with E-state index in [9.17, 15) is 0 Å². The minimum atomic E-state index is -0.127. The van der Waals surface area contributed by atoms with E-state index < -0.39 is 0 Å². The molecule has 3 heteroatoms. The van der Waals surface area contributed by atoms with Gasteiger partial charge in [0.25, 0.3) is 0 Å². The fourth-order valence-electron chi connectivity index (χ4n) is 2.93. The van der Waals surface area contributed by atoms with E-state index in [2.05, 4.69) is 13.8 Å². The third kappa shape index (κ3) is 2.96. The monoisotopic (exact) mass is 271 g/mol. The zero-order valence-corrected chi connectivity index (χ0v) is 11.9. The largest absolute Gasteiger partial charge is 0.325 e. The van der Waals surface area contributed by atoms with Gasteiger partial charge in [0.1, 0.15) is 0 Å². The molecule has 1 aromatic carbocycles. The van der Waals surface area contributed by atoms with Gasteiger partial charge >= 0.3 is 0 Å². The zero-order valence-electron chi connectivity index (χ0n) is 10.4. The lowest BCUT2D eigenvalue weighted by atomic mass is 9.85. The Kier molecular flexibility index (Phi) is 3.46. The molecule has 17 heavy (non-hydrogen) atoms. The maximum atomic E-state index is 6.48. The number of hydrogen-bond donors (Lipinski definition) is 1. The van der Waals surface area contributed by atoms with Crippen LogP contribution in [0.15, 0.2) is 18.2 Å². The normalized spacial score (nSPS) is 27.4. The quantitative estimate of drug-likeness (QED) is 0.846. The second-order valence-electron chi connectivity index (χ2n) is 6.09. The van der Waals surface area contributed by atoms with E-state index in [1.165, 1.54) is 6.42 Å². The Labute approximate surface area is 113 Å². The van der Waals surface area contributed by atoms with E-state index in [0.29, 0.717) is 15.5 Å². The molecule has 1 nitrogen and oxygen atoms in total. The second kappa shape index (κ2) is 4.46. The van der Waals surface area contributed by atoms with Crippen molar-refractivity contribution in [2.75, 3.05) is 0 Å². The molecule has 1 unspecified atom stereocenters. The number of halogens is 2. The molecule has 0 heterocycles. The van der Waals surface area contributed by atoms with Crippen LogP contribution >= 0.6 is 23.2 Å². The number of nitrogens with two attached hydrogens (primary N) is 1.